The summed E-state index contributed by atoms with van der Waals surface area (Å²) < 4.78 is 0. The fourth-order valence-corrected chi connectivity index (χ4v) is 1.61. The zero-order valence-corrected chi connectivity index (χ0v) is 9.66. The van der Waals surface area contributed by atoms with Gasteiger partial charge in [-0.25, -0.2) is 4.79 Å². The molecular weight excluding hydrogens is 178 g/mol. The van der Waals surface area contributed by atoms with E-state index in [-0.39, 0.29) is 6.03 Å². The molecule has 0 saturated carbocycles. The summed E-state index contributed by atoms with van der Waals surface area (Å²) in [6.07, 6.45) is 0. The van der Waals surface area contributed by atoms with Crippen molar-refractivity contribution < 1.29 is 4.79 Å². The Hall–Kier alpha value is -0.770. The van der Waals surface area contributed by atoms with Gasteiger partial charge in [0.25, 0.3) is 0 Å². The molecular formula is C10H21N3O. The van der Waals surface area contributed by atoms with Gasteiger partial charge in [0.1, 0.15) is 0 Å². The van der Waals surface area contributed by atoms with Gasteiger partial charge in [-0.05, 0) is 27.9 Å². The number of hydrogen-bond donors (Lipinski definition) is 0. The minimum atomic E-state index is 0.196. The van der Waals surface area contributed by atoms with Gasteiger partial charge < -0.3 is 14.7 Å². The molecule has 1 fully saturated rings. The molecule has 0 bridgehead atoms. The van der Waals surface area contributed by atoms with Gasteiger partial charge in [0.15, 0.2) is 0 Å². The highest BCUT2D eigenvalue weighted by Crippen LogP contribution is 2.11. The van der Waals surface area contributed by atoms with E-state index in [1.807, 2.05) is 23.9 Å². The molecule has 1 aliphatic rings. The van der Waals surface area contributed by atoms with Crippen molar-refractivity contribution in [2.24, 2.45) is 0 Å². The smallest absolute Gasteiger partial charge is 0.320 e. The van der Waals surface area contributed by atoms with Crippen molar-refractivity contribution in [2.45, 2.75) is 19.9 Å². The highest BCUT2D eigenvalue weighted by Gasteiger charge is 2.29. The third-order valence-electron chi connectivity index (χ3n) is 2.57. The van der Waals surface area contributed by atoms with Crippen LogP contribution in [0.3, 0.4) is 0 Å². The number of amides is 2. The highest BCUT2D eigenvalue weighted by molar-refractivity contribution is 5.76. The monoisotopic (exact) mass is 199 g/mol. The maximum atomic E-state index is 11.8. The molecule has 4 heteroatoms. The van der Waals surface area contributed by atoms with E-state index in [1.165, 1.54) is 0 Å². The summed E-state index contributed by atoms with van der Waals surface area (Å²) in [6.45, 7) is 7.67. The number of nitrogens with zero attached hydrogens (tertiary/aromatic N) is 3. The van der Waals surface area contributed by atoms with Crippen molar-refractivity contribution in [1.29, 1.82) is 0 Å². The van der Waals surface area contributed by atoms with Gasteiger partial charge in [-0.3, -0.25) is 0 Å². The summed E-state index contributed by atoms with van der Waals surface area (Å²) in [5.74, 6) is 0. The van der Waals surface area contributed by atoms with Crippen LogP contribution < -0.4 is 0 Å². The molecule has 2 amide bonds. The summed E-state index contributed by atoms with van der Waals surface area (Å²) in [7, 11) is 4.06. The Kier molecular flexibility index (Phi) is 3.75. The molecule has 0 aromatic rings. The Labute approximate surface area is 86.5 Å². The fourth-order valence-electron chi connectivity index (χ4n) is 1.61. The second kappa shape index (κ2) is 4.64. The molecule has 0 aliphatic carbocycles. The van der Waals surface area contributed by atoms with Gasteiger partial charge in [-0.15, -0.1) is 0 Å². The molecule has 14 heavy (non-hydrogen) atoms. The SMILES string of the molecule is CC(C)N1CCN(CCN(C)C)C1=O. The van der Waals surface area contributed by atoms with Crippen molar-refractivity contribution >= 4 is 6.03 Å². The first-order chi connectivity index (χ1) is 6.52. The first-order valence-electron chi connectivity index (χ1n) is 5.22. The highest BCUT2D eigenvalue weighted by atomic mass is 16.2. The van der Waals surface area contributed by atoms with Crippen molar-refractivity contribution in [2.75, 3.05) is 40.3 Å². The topological polar surface area (TPSA) is 26.8 Å². The first kappa shape index (κ1) is 11.3. The predicted octanol–water partition coefficient (Wildman–Crippen LogP) is 0.694. The molecule has 0 unspecified atom stereocenters. The lowest BCUT2D eigenvalue weighted by atomic mass is 10.3. The van der Waals surface area contributed by atoms with Crippen LogP contribution in [-0.2, 0) is 0 Å². The van der Waals surface area contributed by atoms with Gasteiger partial charge in [-0.1, -0.05) is 0 Å². The average Bonchev–Trinajstić information content (AvgIpc) is 2.43. The number of likely N-dealkylation sites (N-methyl/N-ethyl adjacent to an activating group) is 1. The van der Waals surface area contributed by atoms with Crippen LogP contribution in [0.1, 0.15) is 13.8 Å². The first-order valence-corrected chi connectivity index (χ1v) is 5.22. The summed E-state index contributed by atoms with van der Waals surface area (Å²) in [5.41, 5.74) is 0. The average molecular weight is 199 g/mol. The Morgan fingerprint density at radius 1 is 1.36 bits per heavy atom. The van der Waals surface area contributed by atoms with E-state index >= 15 is 0 Å². The van der Waals surface area contributed by atoms with E-state index in [4.69, 9.17) is 0 Å². The van der Waals surface area contributed by atoms with Gasteiger partial charge in [0.2, 0.25) is 0 Å². The number of carbonyl (C=O) groups is 1. The quantitative estimate of drug-likeness (QED) is 0.666. The van der Waals surface area contributed by atoms with Crippen LogP contribution in [0.2, 0.25) is 0 Å². The minimum absolute atomic E-state index is 0.196. The summed E-state index contributed by atoms with van der Waals surface area (Å²) in [4.78, 5) is 17.8. The van der Waals surface area contributed by atoms with Crippen LogP contribution in [-0.4, -0.2) is 67.0 Å². The minimum Gasteiger partial charge on any atom is -0.322 e. The molecule has 0 spiro atoms. The number of urea groups is 1. The van der Waals surface area contributed by atoms with E-state index in [1.54, 1.807) is 0 Å². The molecule has 0 aromatic heterocycles. The third-order valence-corrected chi connectivity index (χ3v) is 2.57. The number of carbonyl (C=O) groups excluding carboxylic acids is 1. The largest absolute Gasteiger partial charge is 0.322 e. The van der Waals surface area contributed by atoms with Crippen LogP contribution in [0.4, 0.5) is 4.79 Å². The lowest BCUT2D eigenvalue weighted by Gasteiger charge is -2.22. The van der Waals surface area contributed by atoms with Gasteiger partial charge in [0.05, 0.1) is 0 Å². The summed E-state index contributed by atoms with van der Waals surface area (Å²) in [5, 5.41) is 0. The molecule has 0 N–H and O–H groups in total. The van der Waals surface area contributed by atoms with E-state index in [0.29, 0.717) is 6.04 Å². The standard InChI is InChI=1S/C10H21N3O/c1-9(2)13-8-7-12(10(13)14)6-5-11(3)4/h9H,5-8H2,1-4H3. The van der Waals surface area contributed by atoms with Crippen LogP contribution in [0.15, 0.2) is 0 Å². The van der Waals surface area contributed by atoms with E-state index in [9.17, 15) is 4.79 Å². The maximum Gasteiger partial charge on any atom is 0.320 e. The van der Waals surface area contributed by atoms with Gasteiger partial charge >= 0.3 is 6.03 Å². The van der Waals surface area contributed by atoms with Crippen molar-refractivity contribution in [1.82, 2.24) is 14.7 Å². The van der Waals surface area contributed by atoms with Crippen LogP contribution in [0.5, 0.6) is 0 Å². The third kappa shape index (κ3) is 2.61. The lowest BCUT2D eigenvalue weighted by molar-refractivity contribution is 0.180. The lowest BCUT2D eigenvalue weighted by Crippen LogP contribution is -2.38. The molecule has 1 saturated heterocycles. The summed E-state index contributed by atoms with van der Waals surface area (Å²) >= 11 is 0. The van der Waals surface area contributed by atoms with E-state index in [2.05, 4.69) is 18.7 Å². The molecule has 0 aromatic carbocycles. The van der Waals surface area contributed by atoms with Gasteiger partial charge in [0, 0.05) is 32.2 Å². The molecule has 82 valence electrons. The van der Waals surface area contributed by atoms with Crippen LogP contribution in [0.25, 0.3) is 0 Å². The normalized spacial score (nSPS) is 17.7. The fraction of sp³-hybridized carbons (Fsp3) is 0.900. The molecule has 4 nitrogen and oxygen atoms in total. The van der Waals surface area contributed by atoms with E-state index in [0.717, 1.165) is 26.2 Å². The number of rotatable bonds is 4. The Bertz CT molecular complexity index is 204. The van der Waals surface area contributed by atoms with Gasteiger partial charge in [-0.2, -0.15) is 0 Å². The van der Waals surface area contributed by atoms with Crippen molar-refractivity contribution in [3.05, 3.63) is 0 Å². The maximum absolute atomic E-state index is 11.8. The van der Waals surface area contributed by atoms with Crippen molar-refractivity contribution in [3.8, 4) is 0 Å². The molecule has 0 radical (unpaired) electrons. The Morgan fingerprint density at radius 3 is 2.43 bits per heavy atom. The Morgan fingerprint density at radius 2 is 2.00 bits per heavy atom. The van der Waals surface area contributed by atoms with E-state index < -0.39 is 0 Å². The zero-order valence-electron chi connectivity index (χ0n) is 9.66. The Balaban J connectivity index is 2.40. The predicted molar refractivity (Wildman–Crippen MR) is 57.4 cm³/mol. The van der Waals surface area contributed by atoms with Crippen molar-refractivity contribution in [3.63, 3.8) is 0 Å². The molecule has 1 heterocycles. The summed E-state index contributed by atoms with van der Waals surface area (Å²) in [6, 6.07) is 0.522. The molecule has 1 aliphatic heterocycles. The molecule has 1 rings (SSSR count). The van der Waals surface area contributed by atoms with Crippen LogP contribution in [0, 0.1) is 0 Å². The number of hydrogen-bond acceptors (Lipinski definition) is 2. The second-order valence-electron chi connectivity index (χ2n) is 4.36. The van der Waals surface area contributed by atoms with Crippen LogP contribution >= 0.6 is 0 Å². The molecule has 0 atom stereocenters. The second-order valence-corrected chi connectivity index (χ2v) is 4.36. The zero-order chi connectivity index (χ0) is 10.7.